The van der Waals surface area contributed by atoms with Gasteiger partial charge in [0.2, 0.25) is 5.78 Å². The molecule has 19 heavy (non-hydrogen) atoms. The Morgan fingerprint density at radius 1 is 1.11 bits per heavy atom. The molecule has 0 spiro atoms. The van der Waals surface area contributed by atoms with Crippen molar-refractivity contribution in [3.8, 4) is 5.75 Å². The van der Waals surface area contributed by atoms with Crippen LogP contribution in [0, 0.1) is 0 Å². The molecule has 1 unspecified atom stereocenters. The maximum Gasteiger partial charge on any atom is 0.203 e. The number of carbonyl (C=O) groups excluding carboxylic acids is 1. The zero-order chi connectivity index (χ0) is 13.7. The number of nitrogens with two attached hydrogens (primary N) is 1. The van der Waals surface area contributed by atoms with Crippen LogP contribution < -0.4 is 10.5 Å². The number of hydrogen-bond acceptors (Lipinski definition) is 3. The Labute approximate surface area is 113 Å². The van der Waals surface area contributed by atoms with Crippen LogP contribution >= 0.6 is 0 Å². The molecule has 2 rings (SSSR count). The molecule has 0 radical (unpaired) electrons. The lowest BCUT2D eigenvalue weighted by atomic mass is 10.0. The minimum atomic E-state index is -0.507. The monoisotopic (exact) mass is 255 g/mol. The van der Waals surface area contributed by atoms with E-state index in [2.05, 4.69) is 0 Å². The standard InChI is InChI=1S/C16H17NO2/c1-2-14(16(18)12-8-4-3-5-9-12)19-15-11-7-6-10-13(15)17/h3-11,14H,2,17H2,1H3. The normalized spacial score (nSPS) is 11.8. The van der Waals surface area contributed by atoms with Crippen molar-refractivity contribution in [2.45, 2.75) is 19.4 Å². The summed E-state index contributed by atoms with van der Waals surface area (Å²) in [7, 11) is 0. The fourth-order valence-corrected chi connectivity index (χ4v) is 1.85. The predicted octanol–water partition coefficient (Wildman–Crippen LogP) is 3.31. The molecule has 2 aromatic rings. The van der Waals surface area contributed by atoms with Crippen LogP contribution in [-0.4, -0.2) is 11.9 Å². The first kappa shape index (κ1) is 13.1. The molecular formula is C16H17NO2. The van der Waals surface area contributed by atoms with Gasteiger partial charge in [0.1, 0.15) is 5.75 Å². The minimum Gasteiger partial charge on any atom is -0.480 e. The van der Waals surface area contributed by atoms with Crippen molar-refractivity contribution in [3.63, 3.8) is 0 Å². The third kappa shape index (κ3) is 3.13. The van der Waals surface area contributed by atoms with Gasteiger partial charge in [-0.3, -0.25) is 4.79 Å². The van der Waals surface area contributed by atoms with Crippen molar-refractivity contribution in [1.82, 2.24) is 0 Å². The third-order valence-corrected chi connectivity index (χ3v) is 2.91. The molecule has 3 nitrogen and oxygen atoms in total. The lowest BCUT2D eigenvalue weighted by molar-refractivity contribution is 0.0788. The Balaban J connectivity index is 2.17. The molecule has 2 N–H and O–H groups in total. The number of rotatable bonds is 5. The molecule has 0 aromatic heterocycles. The Morgan fingerprint density at radius 3 is 2.37 bits per heavy atom. The quantitative estimate of drug-likeness (QED) is 0.658. The highest BCUT2D eigenvalue weighted by molar-refractivity contribution is 5.99. The number of anilines is 1. The minimum absolute atomic E-state index is 0.0219. The summed E-state index contributed by atoms with van der Waals surface area (Å²) in [4.78, 5) is 12.3. The molecule has 98 valence electrons. The summed E-state index contributed by atoms with van der Waals surface area (Å²) in [5.41, 5.74) is 7.03. The first-order chi connectivity index (χ1) is 9.22. The number of para-hydroxylation sites is 2. The summed E-state index contributed by atoms with van der Waals surface area (Å²) >= 11 is 0. The van der Waals surface area contributed by atoms with Gasteiger partial charge in [-0.05, 0) is 18.6 Å². The molecule has 0 heterocycles. The summed E-state index contributed by atoms with van der Waals surface area (Å²) in [5.74, 6) is 0.532. The van der Waals surface area contributed by atoms with Gasteiger partial charge in [-0.2, -0.15) is 0 Å². The average molecular weight is 255 g/mol. The Kier molecular flexibility index (Phi) is 4.18. The smallest absolute Gasteiger partial charge is 0.203 e. The number of hydrogen-bond donors (Lipinski definition) is 1. The molecule has 0 saturated heterocycles. The maximum atomic E-state index is 12.3. The first-order valence-electron chi connectivity index (χ1n) is 6.32. The second kappa shape index (κ2) is 6.05. The number of ketones is 1. The van der Waals surface area contributed by atoms with Crippen LogP contribution in [0.25, 0.3) is 0 Å². The van der Waals surface area contributed by atoms with Crippen LogP contribution in [-0.2, 0) is 0 Å². The van der Waals surface area contributed by atoms with E-state index in [-0.39, 0.29) is 5.78 Å². The molecule has 0 aliphatic rings. The van der Waals surface area contributed by atoms with Gasteiger partial charge >= 0.3 is 0 Å². The van der Waals surface area contributed by atoms with Crippen molar-refractivity contribution in [2.75, 3.05) is 5.73 Å². The molecule has 0 aliphatic heterocycles. The maximum absolute atomic E-state index is 12.3. The number of benzene rings is 2. The van der Waals surface area contributed by atoms with E-state index in [1.807, 2.05) is 37.3 Å². The van der Waals surface area contributed by atoms with Gasteiger partial charge in [-0.15, -0.1) is 0 Å². The Bertz CT molecular complexity index is 552. The summed E-state index contributed by atoms with van der Waals surface area (Å²) in [6.07, 6.45) is 0.0920. The average Bonchev–Trinajstić information content (AvgIpc) is 2.47. The summed E-state index contributed by atoms with van der Waals surface area (Å²) in [6.45, 7) is 1.92. The van der Waals surface area contributed by atoms with E-state index in [1.165, 1.54) is 0 Å². The van der Waals surface area contributed by atoms with Crippen molar-refractivity contribution >= 4 is 11.5 Å². The van der Waals surface area contributed by atoms with Crippen LogP contribution in [0.4, 0.5) is 5.69 Å². The fraction of sp³-hybridized carbons (Fsp3) is 0.188. The van der Waals surface area contributed by atoms with Crippen LogP contribution in [0.5, 0.6) is 5.75 Å². The third-order valence-electron chi connectivity index (χ3n) is 2.91. The van der Waals surface area contributed by atoms with Crippen molar-refractivity contribution in [1.29, 1.82) is 0 Å². The van der Waals surface area contributed by atoms with E-state index >= 15 is 0 Å². The van der Waals surface area contributed by atoms with E-state index in [0.29, 0.717) is 23.4 Å². The molecule has 0 fully saturated rings. The highest BCUT2D eigenvalue weighted by Gasteiger charge is 2.20. The SMILES string of the molecule is CCC(Oc1ccccc1N)C(=O)c1ccccc1. The van der Waals surface area contributed by atoms with E-state index in [0.717, 1.165) is 0 Å². The van der Waals surface area contributed by atoms with Crippen molar-refractivity contribution in [3.05, 3.63) is 60.2 Å². The Morgan fingerprint density at radius 2 is 1.74 bits per heavy atom. The molecule has 0 saturated carbocycles. The Hall–Kier alpha value is -2.29. The van der Waals surface area contributed by atoms with Crippen LogP contribution in [0.3, 0.4) is 0 Å². The topological polar surface area (TPSA) is 52.3 Å². The van der Waals surface area contributed by atoms with Gasteiger partial charge in [-0.25, -0.2) is 0 Å². The van der Waals surface area contributed by atoms with E-state index < -0.39 is 6.10 Å². The fourth-order valence-electron chi connectivity index (χ4n) is 1.85. The highest BCUT2D eigenvalue weighted by atomic mass is 16.5. The molecule has 2 aromatic carbocycles. The zero-order valence-electron chi connectivity index (χ0n) is 10.9. The van der Waals surface area contributed by atoms with Gasteiger partial charge in [0.05, 0.1) is 5.69 Å². The molecular weight excluding hydrogens is 238 g/mol. The van der Waals surface area contributed by atoms with Gasteiger partial charge in [0, 0.05) is 5.56 Å². The molecule has 0 bridgehead atoms. The van der Waals surface area contributed by atoms with Crippen molar-refractivity contribution in [2.24, 2.45) is 0 Å². The number of Topliss-reactive ketones (excluding diaryl/α,β-unsaturated/α-hetero) is 1. The predicted molar refractivity (Wildman–Crippen MR) is 76.3 cm³/mol. The second-order valence-electron chi connectivity index (χ2n) is 4.28. The van der Waals surface area contributed by atoms with Crippen LogP contribution in [0.15, 0.2) is 54.6 Å². The number of nitrogen functional groups attached to an aromatic ring is 1. The summed E-state index contributed by atoms with van der Waals surface area (Å²) in [6, 6.07) is 16.4. The van der Waals surface area contributed by atoms with E-state index in [1.54, 1.807) is 24.3 Å². The van der Waals surface area contributed by atoms with Crippen LogP contribution in [0.1, 0.15) is 23.7 Å². The highest BCUT2D eigenvalue weighted by Crippen LogP contribution is 2.23. The lowest BCUT2D eigenvalue weighted by Gasteiger charge is -2.17. The van der Waals surface area contributed by atoms with Crippen molar-refractivity contribution < 1.29 is 9.53 Å². The van der Waals surface area contributed by atoms with E-state index in [4.69, 9.17) is 10.5 Å². The molecule has 3 heteroatoms. The molecule has 0 amide bonds. The van der Waals surface area contributed by atoms with Gasteiger partial charge in [0.15, 0.2) is 6.10 Å². The van der Waals surface area contributed by atoms with E-state index in [9.17, 15) is 4.79 Å². The summed E-state index contributed by atoms with van der Waals surface area (Å²) < 4.78 is 5.74. The second-order valence-corrected chi connectivity index (χ2v) is 4.28. The van der Waals surface area contributed by atoms with Gasteiger partial charge in [-0.1, -0.05) is 49.4 Å². The van der Waals surface area contributed by atoms with Gasteiger partial charge < -0.3 is 10.5 Å². The van der Waals surface area contributed by atoms with Gasteiger partial charge in [0.25, 0.3) is 0 Å². The van der Waals surface area contributed by atoms with Crippen LogP contribution in [0.2, 0.25) is 0 Å². The molecule has 1 atom stereocenters. The number of ether oxygens (including phenoxy) is 1. The summed E-state index contributed by atoms with van der Waals surface area (Å²) in [5, 5.41) is 0. The largest absolute Gasteiger partial charge is 0.480 e. The zero-order valence-corrected chi connectivity index (χ0v) is 10.9. The molecule has 0 aliphatic carbocycles. The number of carbonyl (C=O) groups is 1. The lowest BCUT2D eigenvalue weighted by Crippen LogP contribution is -2.27. The first-order valence-corrected chi connectivity index (χ1v) is 6.32.